The van der Waals surface area contributed by atoms with Crippen LogP contribution in [0.3, 0.4) is 0 Å². The molecule has 1 heterocycles. The zero-order chi connectivity index (χ0) is 23.7. The molecule has 1 aromatic heterocycles. The van der Waals surface area contributed by atoms with Crippen molar-refractivity contribution in [2.24, 2.45) is 0 Å². The highest BCUT2D eigenvalue weighted by atomic mass is 35.5. The predicted molar refractivity (Wildman–Crippen MR) is 131 cm³/mol. The lowest BCUT2D eigenvalue weighted by molar-refractivity contribution is -0.137. The first-order valence-electron chi connectivity index (χ1n) is 10.5. The summed E-state index contributed by atoms with van der Waals surface area (Å²) in [6, 6.07) is 17.8. The van der Waals surface area contributed by atoms with Gasteiger partial charge in [-0.1, -0.05) is 54.1 Å². The Morgan fingerprint density at radius 2 is 1.76 bits per heavy atom. The summed E-state index contributed by atoms with van der Waals surface area (Å²) in [4.78, 5) is 15.2. The molecule has 3 aromatic rings. The van der Waals surface area contributed by atoms with Crippen LogP contribution in [0.1, 0.15) is 30.4 Å². The number of benzene rings is 2. The SMILES string of the molecule is O=C(O)CCCC=Cc1ccc(-c2ccc(CCNS(=O)(=O)c3ccc(Cl)cc3)cc2)nc1. The molecule has 0 fully saturated rings. The number of halogens is 1. The van der Waals surface area contributed by atoms with Crippen LogP contribution in [0, 0.1) is 0 Å². The number of rotatable bonds is 11. The second kappa shape index (κ2) is 11.7. The van der Waals surface area contributed by atoms with E-state index in [1.807, 2.05) is 48.6 Å². The Morgan fingerprint density at radius 1 is 1.03 bits per heavy atom. The van der Waals surface area contributed by atoms with Crippen LogP contribution in [-0.2, 0) is 21.2 Å². The van der Waals surface area contributed by atoms with E-state index >= 15 is 0 Å². The normalized spacial score (nSPS) is 11.7. The van der Waals surface area contributed by atoms with Gasteiger partial charge in [-0.25, -0.2) is 13.1 Å². The van der Waals surface area contributed by atoms with E-state index in [-0.39, 0.29) is 17.9 Å². The third-order valence-electron chi connectivity index (χ3n) is 4.94. The van der Waals surface area contributed by atoms with E-state index in [0.717, 1.165) is 22.4 Å². The molecular weight excluding hydrogens is 460 g/mol. The van der Waals surface area contributed by atoms with Crippen LogP contribution >= 0.6 is 11.6 Å². The predicted octanol–water partition coefficient (Wildman–Crippen LogP) is 5.19. The van der Waals surface area contributed by atoms with Crippen molar-refractivity contribution in [2.75, 3.05) is 6.54 Å². The maximum absolute atomic E-state index is 12.3. The van der Waals surface area contributed by atoms with Crippen molar-refractivity contribution < 1.29 is 18.3 Å². The van der Waals surface area contributed by atoms with Crippen molar-refractivity contribution in [1.82, 2.24) is 9.71 Å². The molecule has 0 unspecified atom stereocenters. The largest absolute Gasteiger partial charge is 0.481 e. The van der Waals surface area contributed by atoms with E-state index in [4.69, 9.17) is 16.7 Å². The van der Waals surface area contributed by atoms with E-state index in [1.54, 1.807) is 18.3 Å². The molecule has 0 amide bonds. The average molecular weight is 485 g/mol. The van der Waals surface area contributed by atoms with Crippen molar-refractivity contribution >= 4 is 33.7 Å². The Bertz CT molecular complexity index is 1190. The number of nitrogens with zero attached hydrogens (tertiary/aromatic N) is 1. The van der Waals surface area contributed by atoms with Gasteiger partial charge >= 0.3 is 5.97 Å². The van der Waals surface area contributed by atoms with E-state index in [9.17, 15) is 13.2 Å². The second-order valence-electron chi connectivity index (χ2n) is 7.46. The van der Waals surface area contributed by atoms with Crippen molar-refractivity contribution in [3.8, 4) is 11.3 Å². The second-order valence-corrected chi connectivity index (χ2v) is 9.67. The number of hydrogen-bond acceptors (Lipinski definition) is 4. The zero-order valence-electron chi connectivity index (χ0n) is 17.9. The van der Waals surface area contributed by atoms with Gasteiger partial charge in [0.15, 0.2) is 0 Å². The highest BCUT2D eigenvalue weighted by Gasteiger charge is 2.13. The number of carbonyl (C=O) groups is 1. The van der Waals surface area contributed by atoms with Gasteiger partial charge < -0.3 is 5.11 Å². The number of pyridine rings is 1. The van der Waals surface area contributed by atoms with Crippen LogP contribution in [0.4, 0.5) is 0 Å². The summed E-state index contributed by atoms with van der Waals surface area (Å²) >= 11 is 5.81. The molecule has 0 radical (unpaired) electrons. The van der Waals surface area contributed by atoms with Gasteiger partial charge in [0.05, 0.1) is 10.6 Å². The smallest absolute Gasteiger partial charge is 0.303 e. The Morgan fingerprint density at radius 3 is 2.39 bits per heavy atom. The van der Waals surface area contributed by atoms with Gasteiger partial charge in [-0.2, -0.15) is 0 Å². The van der Waals surface area contributed by atoms with Crippen LogP contribution in [0.5, 0.6) is 0 Å². The first-order valence-corrected chi connectivity index (χ1v) is 12.4. The van der Waals surface area contributed by atoms with Gasteiger partial charge in [0.2, 0.25) is 10.0 Å². The topological polar surface area (TPSA) is 96.4 Å². The molecule has 0 aliphatic carbocycles. The molecular formula is C25H25ClN2O4S. The fraction of sp³-hybridized carbons (Fsp3) is 0.200. The minimum Gasteiger partial charge on any atom is -0.481 e. The molecule has 0 saturated heterocycles. The molecule has 0 spiro atoms. The molecule has 33 heavy (non-hydrogen) atoms. The molecule has 6 nitrogen and oxygen atoms in total. The molecule has 0 aliphatic heterocycles. The van der Waals surface area contributed by atoms with Crippen molar-refractivity contribution in [3.05, 3.63) is 89.1 Å². The van der Waals surface area contributed by atoms with Crippen molar-refractivity contribution in [2.45, 2.75) is 30.6 Å². The molecule has 8 heteroatoms. The van der Waals surface area contributed by atoms with E-state index < -0.39 is 16.0 Å². The number of carboxylic acids is 1. The summed E-state index contributed by atoms with van der Waals surface area (Å²) in [5.74, 6) is -0.778. The highest BCUT2D eigenvalue weighted by Crippen LogP contribution is 2.19. The molecule has 3 rings (SSSR count). The number of sulfonamides is 1. The van der Waals surface area contributed by atoms with Gasteiger partial charge in [0.1, 0.15) is 0 Å². The molecule has 0 atom stereocenters. The summed E-state index contributed by atoms with van der Waals surface area (Å²) in [5, 5.41) is 9.13. The van der Waals surface area contributed by atoms with E-state index in [1.165, 1.54) is 12.1 Å². The van der Waals surface area contributed by atoms with Crippen LogP contribution < -0.4 is 4.72 Å². The Labute approximate surface area is 199 Å². The molecule has 0 aliphatic rings. The highest BCUT2D eigenvalue weighted by molar-refractivity contribution is 7.89. The minimum atomic E-state index is -3.57. The molecule has 172 valence electrons. The van der Waals surface area contributed by atoms with Crippen LogP contribution in [0.15, 0.2) is 77.8 Å². The Kier molecular flexibility index (Phi) is 8.77. The summed E-state index contributed by atoms with van der Waals surface area (Å²) in [7, 11) is -3.57. The third-order valence-corrected chi connectivity index (χ3v) is 6.67. The quantitative estimate of drug-likeness (QED) is 0.365. The molecule has 2 N–H and O–H groups in total. The fourth-order valence-corrected chi connectivity index (χ4v) is 4.29. The van der Waals surface area contributed by atoms with Crippen molar-refractivity contribution in [3.63, 3.8) is 0 Å². The number of nitrogens with one attached hydrogen (secondary N) is 1. The fourth-order valence-electron chi connectivity index (χ4n) is 3.13. The number of allylic oxidation sites excluding steroid dienone is 1. The van der Waals surface area contributed by atoms with Gasteiger partial charge in [-0.3, -0.25) is 9.78 Å². The van der Waals surface area contributed by atoms with Gasteiger partial charge in [0, 0.05) is 29.7 Å². The van der Waals surface area contributed by atoms with E-state index in [0.29, 0.717) is 24.3 Å². The lowest BCUT2D eigenvalue weighted by atomic mass is 10.1. The van der Waals surface area contributed by atoms with Crippen LogP contribution in [-0.4, -0.2) is 31.0 Å². The monoisotopic (exact) mass is 484 g/mol. The number of aromatic nitrogens is 1. The Hall–Kier alpha value is -3.00. The Balaban J connectivity index is 1.51. The van der Waals surface area contributed by atoms with Crippen LogP contribution in [0.25, 0.3) is 17.3 Å². The summed E-state index contributed by atoms with van der Waals surface area (Å²) < 4.78 is 27.3. The third kappa shape index (κ3) is 7.82. The van der Waals surface area contributed by atoms with Crippen LogP contribution in [0.2, 0.25) is 5.02 Å². The van der Waals surface area contributed by atoms with Gasteiger partial charge in [-0.05, 0) is 60.7 Å². The maximum Gasteiger partial charge on any atom is 0.303 e. The number of unbranched alkanes of at least 4 members (excludes halogenated alkanes) is 1. The van der Waals surface area contributed by atoms with E-state index in [2.05, 4.69) is 9.71 Å². The van der Waals surface area contributed by atoms with Gasteiger partial charge in [-0.15, -0.1) is 0 Å². The molecule has 0 saturated carbocycles. The average Bonchev–Trinajstić information content (AvgIpc) is 2.80. The lowest BCUT2D eigenvalue weighted by Crippen LogP contribution is -2.25. The lowest BCUT2D eigenvalue weighted by Gasteiger charge is -2.08. The minimum absolute atomic E-state index is 0.172. The zero-order valence-corrected chi connectivity index (χ0v) is 19.5. The molecule has 2 aromatic carbocycles. The first kappa shape index (κ1) is 24.6. The summed E-state index contributed by atoms with van der Waals surface area (Å²) in [5.41, 5.74) is 3.78. The maximum atomic E-state index is 12.3. The standard InChI is InChI=1S/C25H25ClN2O4S/c26-22-11-13-23(14-12-22)33(31,32)28-17-16-19-6-9-21(10-7-19)24-15-8-20(18-27-24)4-2-1-3-5-25(29)30/h2,4,6-15,18,28H,1,3,5,16-17H2,(H,29,30). The number of hydrogen-bond donors (Lipinski definition) is 2. The van der Waals surface area contributed by atoms with Gasteiger partial charge in [0.25, 0.3) is 0 Å². The number of carboxylic acid groups (broad SMARTS) is 1. The van der Waals surface area contributed by atoms with Crippen molar-refractivity contribution in [1.29, 1.82) is 0 Å². The molecule has 0 bridgehead atoms. The summed E-state index contributed by atoms with van der Waals surface area (Å²) in [6.07, 6.45) is 7.74. The number of aliphatic carboxylic acids is 1. The summed E-state index contributed by atoms with van der Waals surface area (Å²) in [6.45, 7) is 0.288. The first-order chi connectivity index (χ1) is 15.8.